The number of sulfonamides is 1. The highest BCUT2D eigenvalue weighted by Crippen LogP contribution is 2.26. The van der Waals surface area contributed by atoms with Crippen LogP contribution in [-0.2, 0) is 22.9 Å². The summed E-state index contributed by atoms with van der Waals surface area (Å²) in [6.45, 7) is 3.38. The minimum atomic E-state index is -3.68. The van der Waals surface area contributed by atoms with Crippen LogP contribution in [0.4, 0.5) is 4.39 Å². The maximum atomic E-state index is 13.3. The van der Waals surface area contributed by atoms with Crippen molar-refractivity contribution in [3.05, 3.63) is 64.5 Å². The zero-order valence-electron chi connectivity index (χ0n) is 13.3. The van der Waals surface area contributed by atoms with E-state index < -0.39 is 15.8 Å². The largest absolute Gasteiger partial charge is 0.241 e. The first kappa shape index (κ1) is 16.1. The number of fused-ring (bicyclic) bond motifs is 1. The molecule has 0 radical (unpaired) electrons. The first-order valence-electron chi connectivity index (χ1n) is 7.77. The molecular formula is C18H20FNO2S. The molecule has 1 N–H and O–H groups in total. The summed E-state index contributed by atoms with van der Waals surface area (Å²) >= 11 is 0. The van der Waals surface area contributed by atoms with Crippen molar-refractivity contribution in [2.24, 2.45) is 0 Å². The molecular weight excluding hydrogens is 313 g/mol. The number of aryl methyl sites for hydroxylation is 3. The first-order chi connectivity index (χ1) is 10.9. The molecule has 2 aromatic rings. The quantitative estimate of drug-likeness (QED) is 0.928. The number of rotatable bonds is 4. The van der Waals surface area contributed by atoms with Gasteiger partial charge < -0.3 is 0 Å². The predicted octanol–water partition coefficient (Wildman–Crippen LogP) is 3.66. The van der Waals surface area contributed by atoms with Crippen molar-refractivity contribution in [2.45, 2.75) is 44.0 Å². The third kappa shape index (κ3) is 3.31. The van der Waals surface area contributed by atoms with Crippen LogP contribution < -0.4 is 4.72 Å². The van der Waals surface area contributed by atoms with Crippen LogP contribution in [0.1, 0.15) is 41.6 Å². The molecule has 1 aliphatic carbocycles. The van der Waals surface area contributed by atoms with Crippen molar-refractivity contribution >= 4 is 10.0 Å². The van der Waals surface area contributed by atoms with E-state index in [4.69, 9.17) is 0 Å². The second kappa shape index (κ2) is 6.06. The third-order valence-electron chi connectivity index (χ3n) is 4.39. The van der Waals surface area contributed by atoms with Gasteiger partial charge in [0, 0.05) is 6.04 Å². The summed E-state index contributed by atoms with van der Waals surface area (Å²) in [6.07, 6.45) is 3.32. The smallest absolute Gasteiger partial charge is 0.207 e. The Morgan fingerprint density at radius 1 is 1.09 bits per heavy atom. The Morgan fingerprint density at radius 2 is 1.83 bits per heavy atom. The van der Waals surface area contributed by atoms with Gasteiger partial charge in [0.1, 0.15) is 5.82 Å². The second-order valence-corrected chi connectivity index (χ2v) is 7.85. The van der Waals surface area contributed by atoms with E-state index in [0.717, 1.165) is 24.8 Å². The number of hydrogen-bond donors (Lipinski definition) is 1. The summed E-state index contributed by atoms with van der Waals surface area (Å²) in [5.41, 5.74) is 3.94. The lowest BCUT2D eigenvalue weighted by Gasteiger charge is -2.16. The summed E-state index contributed by atoms with van der Waals surface area (Å²) in [5, 5.41) is 0. The molecule has 5 heteroatoms. The zero-order valence-corrected chi connectivity index (χ0v) is 14.1. The average molecular weight is 333 g/mol. The van der Waals surface area contributed by atoms with E-state index in [1.807, 2.05) is 13.0 Å². The minimum Gasteiger partial charge on any atom is -0.207 e. The second-order valence-electron chi connectivity index (χ2n) is 6.14. The normalized spacial score (nSPS) is 15.4. The van der Waals surface area contributed by atoms with Crippen LogP contribution in [0.3, 0.4) is 0 Å². The molecule has 0 fully saturated rings. The number of nitrogens with one attached hydrogen (secondary N) is 1. The van der Waals surface area contributed by atoms with Gasteiger partial charge in [0.05, 0.1) is 4.90 Å². The van der Waals surface area contributed by atoms with E-state index in [0.29, 0.717) is 5.56 Å². The van der Waals surface area contributed by atoms with Crippen LogP contribution in [0.25, 0.3) is 0 Å². The molecule has 1 unspecified atom stereocenters. The molecule has 0 heterocycles. The maximum Gasteiger partial charge on any atom is 0.241 e. The monoisotopic (exact) mass is 333 g/mol. The molecule has 1 atom stereocenters. The van der Waals surface area contributed by atoms with E-state index in [1.165, 1.54) is 29.3 Å². The van der Waals surface area contributed by atoms with Crippen molar-refractivity contribution in [3.63, 3.8) is 0 Å². The first-order valence-corrected chi connectivity index (χ1v) is 9.25. The van der Waals surface area contributed by atoms with E-state index in [1.54, 1.807) is 6.92 Å². The van der Waals surface area contributed by atoms with Gasteiger partial charge in [-0.05, 0) is 73.6 Å². The summed E-state index contributed by atoms with van der Waals surface area (Å²) < 4.78 is 41.0. The van der Waals surface area contributed by atoms with Crippen LogP contribution in [0.2, 0.25) is 0 Å². The fourth-order valence-electron chi connectivity index (χ4n) is 3.01. The lowest BCUT2D eigenvalue weighted by atomic mass is 10.0. The molecule has 3 rings (SSSR count). The SMILES string of the molecule is Cc1cc(S(=O)(=O)NC(C)c2ccc3c(c2)CCC3)ccc1F. The number of hydrogen-bond acceptors (Lipinski definition) is 2. The fourth-order valence-corrected chi connectivity index (χ4v) is 4.33. The molecule has 0 saturated carbocycles. The van der Waals surface area contributed by atoms with Gasteiger partial charge in [0.2, 0.25) is 10.0 Å². The summed E-state index contributed by atoms with van der Waals surface area (Å²) in [6, 6.07) is 9.65. The van der Waals surface area contributed by atoms with Gasteiger partial charge in [0.25, 0.3) is 0 Å². The molecule has 1 aliphatic rings. The highest BCUT2D eigenvalue weighted by atomic mass is 32.2. The van der Waals surface area contributed by atoms with Gasteiger partial charge >= 0.3 is 0 Å². The highest BCUT2D eigenvalue weighted by molar-refractivity contribution is 7.89. The van der Waals surface area contributed by atoms with Gasteiger partial charge in [-0.1, -0.05) is 18.2 Å². The lowest BCUT2D eigenvalue weighted by molar-refractivity contribution is 0.565. The van der Waals surface area contributed by atoms with Gasteiger partial charge in [0.15, 0.2) is 0 Å². The van der Waals surface area contributed by atoms with E-state index in [2.05, 4.69) is 16.9 Å². The standard InChI is InChI=1S/C18H20FNO2S/c1-12-10-17(8-9-18(12)19)23(21,22)20-13(2)15-7-6-14-4-3-5-16(14)11-15/h6-11,13,20H,3-5H2,1-2H3. The predicted molar refractivity (Wildman–Crippen MR) is 88.3 cm³/mol. The zero-order chi connectivity index (χ0) is 16.6. The Bertz CT molecular complexity index is 846. The molecule has 3 nitrogen and oxygen atoms in total. The van der Waals surface area contributed by atoms with Crippen LogP contribution in [0.15, 0.2) is 41.3 Å². The molecule has 0 amide bonds. The van der Waals surface area contributed by atoms with E-state index in [-0.39, 0.29) is 10.9 Å². The number of halogens is 1. The third-order valence-corrected chi connectivity index (χ3v) is 5.93. The Kier molecular flexibility index (Phi) is 4.25. The van der Waals surface area contributed by atoms with Crippen molar-refractivity contribution in [2.75, 3.05) is 0 Å². The van der Waals surface area contributed by atoms with Crippen LogP contribution in [0.5, 0.6) is 0 Å². The van der Waals surface area contributed by atoms with Gasteiger partial charge in [-0.2, -0.15) is 0 Å². The molecule has 0 spiro atoms. The van der Waals surface area contributed by atoms with Gasteiger partial charge in [-0.15, -0.1) is 0 Å². The van der Waals surface area contributed by atoms with Crippen molar-refractivity contribution in [1.82, 2.24) is 4.72 Å². The minimum absolute atomic E-state index is 0.0874. The van der Waals surface area contributed by atoms with Crippen LogP contribution in [-0.4, -0.2) is 8.42 Å². The molecule has 0 aromatic heterocycles. The summed E-state index contributed by atoms with van der Waals surface area (Å²) in [7, 11) is -3.68. The molecule has 0 saturated heterocycles. The van der Waals surface area contributed by atoms with E-state index in [9.17, 15) is 12.8 Å². The maximum absolute atomic E-state index is 13.3. The van der Waals surface area contributed by atoms with Crippen molar-refractivity contribution in [1.29, 1.82) is 0 Å². The van der Waals surface area contributed by atoms with Crippen LogP contribution in [0, 0.1) is 12.7 Å². The van der Waals surface area contributed by atoms with Crippen molar-refractivity contribution < 1.29 is 12.8 Å². The topological polar surface area (TPSA) is 46.2 Å². The highest BCUT2D eigenvalue weighted by Gasteiger charge is 2.20. The molecule has 0 bridgehead atoms. The molecule has 2 aromatic carbocycles. The lowest BCUT2D eigenvalue weighted by Crippen LogP contribution is -2.27. The summed E-state index contributed by atoms with van der Waals surface area (Å²) in [5.74, 6) is -0.407. The Labute approximate surface area is 136 Å². The van der Waals surface area contributed by atoms with Gasteiger partial charge in [-0.3, -0.25) is 0 Å². The van der Waals surface area contributed by atoms with Crippen molar-refractivity contribution in [3.8, 4) is 0 Å². The molecule has 122 valence electrons. The molecule has 23 heavy (non-hydrogen) atoms. The van der Waals surface area contributed by atoms with Crippen LogP contribution >= 0.6 is 0 Å². The van der Waals surface area contributed by atoms with Gasteiger partial charge in [-0.25, -0.2) is 17.5 Å². The Balaban J connectivity index is 1.83. The fraction of sp³-hybridized carbons (Fsp3) is 0.333. The summed E-state index contributed by atoms with van der Waals surface area (Å²) in [4.78, 5) is 0.0874. The Morgan fingerprint density at radius 3 is 2.57 bits per heavy atom. The Hall–Kier alpha value is -1.72. The number of benzene rings is 2. The molecule has 0 aliphatic heterocycles. The van der Waals surface area contributed by atoms with E-state index >= 15 is 0 Å². The average Bonchev–Trinajstić information content (AvgIpc) is 2.96.